The standard InChI is InChI=1S/C17H24N2O2/c1-13(2)11-19(9-5-8-18)12-16-10-15(14(3)20)6-7-17(16)21-4/h6-7,10,13H,5,9,11-12H2,1-4H3. The van der Waals surface area contributed by atoms with E-state index in [1.165, 1.54) is 0 Å². The molecule has 0 heterocycles. The maximum absolute atomic E-state index is 11.5. The molecule has 0 saturated carbocycles. The van der Waals surface area contributed by atoms with Crippen molar-refractivity contribution in [2.24, 2.45) is 5.92 Å². The number of ether oxygens (including phenoxy) is 1. The lowest BCUT2D eigenvalue weighted by atomic mass is 10.1. The molecular formula is C17H24N2O2. The second-order valence-electron chi connectivity index (χ2n) is 5.62. The SMILES string of the molecule is COc1ccc(C(C)=O)cc1CN(CCC#N)CC(C)C. The minimum absolute atomic E-state index is 0.0475. The Morgan fingerprint density at radius 3 is 2.67 bits per heavy atom. The number of benzene rings is 1. The second kappa shape index (κ2) is 8.43. The second-order valence-corrected chi connectivity index (χ2v) is 5.62. The summed E-state index contributed by atoms with van der Waals surface area (Å²) in [5.41, 5.74) is 1.68. The minimum Gasteiger partial charge on any atom is -0.496 e. The van der Waals surface area contributed by atoms with Crippen LogP contribution in [0.25, 0.3) is 0 Å². The Labute approximate surface area is 127 Å². The van der Waals surface area contributed by atoms with E-state index in [-0.39, 0.29) is 5.78 Å². The predicted molar refractivity (Wildman–Crippen MR) is 83.3 cm³/mol. The summed E-state index contributed by atoms with van der Waals surface area (Å²) in [4.78, 5) is 13.8. The van der Waals surface area contributed by atoms with Crippen LogP contribution >= 0.6 is 0 Å². The lowest BCUT2D eigenvalue weighted by Crippen LogP contribution is -2.28. The van der Waals surface area contributed by atoms with Crippen LogP contribution in [0.2, 0.25) is 0 Å². The van der Waals surface area contributed by atoms with Crippen LogP contribution in [-0.4, -0.2) is 30.9 Å². The highest BCUT2D eigenvalue weighted by Gasteiger charge is 2.13. The van der Waals surface area contributed by atoms with Gasteiger partial charge in [-0.2, -0.15) is 5.26 Å². The molecule has 114 valence electrons. The van der Waals surface area contributed by atoms with Crippen molar-refractivity contribution in [3.63, 3.8) is 0 Å². The lowest BCUT2D eigenvalue weighted by molar-refractivity contribution is 0.101. The average Bonchev–Trinajstić information content (AvgIpc) is 2.44. The van der Waals surface area contributed by atoms with Crippen LogP contribution in [0.1, 0.15) is 43.1 Å². The molecule has 0 saturated heterocycles. The first kappa shape index (κ1) is 17.2. The van der Waals surface area contributed by atoms with Gasteiger partial charge in [0.1, 0.15) is 5.75 Å². The van der Waals surface area contributed by atoms with Crippen molar-refractivity contribution in [3.05, 3.63) is 29.3 Å². The Balaban J connectivity index is 2.97. The summed E-state index contributed by atoms with van der Waals surface area (Å²) in [6.07, 6.45) is 0.501. The number of methoxy groups -OCH3 is 1. The molecule has 0 unspecified atom stereocenters. The summed E-state index contributed by atoms with van der Waals surface area (Å²) in [7, 11) is 1.63. The number of ketones is 1. The highest BCUT2D eigenvalue weighted by Crippen LogP contribution is 2.22. The normalized spacial score (nSPS) is 10.7. The fourth-order valence-corrected chi connectivity index (χ4v) is 2.32. The van der Waals surface area contributed by atoms with Gasteiger partial charge in [-0.25, -0.2) is 0 Å². The van der Waals surface area contributed by atoms with Gasteiger partial charge >= 0.3 is 0 Å². The fraction of sp³-hybridized carbons (Fsp3) is 0.529. The van der Waals surface area contributed by atoms with Crippen molar-refractivity contribution in [2.45, 2.75) is 33.7 Å². The summed E-state index contributed by atoms with van der Waals surface area (Å²) >= 11 is 0. The molecule has 0 atom stereocenters. The molecule has 1 aromatic rings. The predicted octanol–water partition coefficient (Wildman–Crippen LogP) is 3.27. The van der Waals surface area contributed by atoms with Crippen molar-refractivity contribution >= 4 is 5.78 Å². The molecule has 0 aliphatic heterocycles. The zero-order valence-corrected chi connectivity index (χ0v) is 13.3. The lowest BCUT2D eigenvalue weighted by Gasteiger charge is -2.24. The van der Waals surface area contributed by atoms with Gasteiger partial charge in [-0.15, -0.1) is 0 Å². The first-order valence-corrected chi connectivity index (χ1v) is 7.25. The smallest absolute Gasteiger partial charge is 0.159 e. The number of hydrogen-bond donors (Lipinski definition) is 0. The Hall–Kier alpha value is -1.86. The van der Waals surface area contributed by atoms with E-state index in [2.05, 4.69) is 24.8 Å². The topological polar surface area (TPSA) is 53.3 Å². The fourth-order valence-electron chi connectivity index (χ4n) is 2.32. The van der Waals surface area contributed by atoms with Gasteiger partial charge in [0, 0.05) is 37.2 Å². The molecule has 0 fully saturated rings. The van der Waals surface area contributed by atoms with E-state index in [1.807, 2.05) is 12.1 Å². The van der Waals surface area contributed by atoms with Crippen LogP contribution in [-0.2, 0) is 6.54 Å². The number of carbonyl (C=O) groups is 1. The van der Waals surface area contributed by atoms with Crippen molar-refractivity contribution in [2.75, 3.05) is 20.2 Å². The van der Waals surface area contributed by atoms with Gasteiger partial charge in [-0.05, 0) is 31.0 Å². The van der Waals surface area contributed by atoms with Gasteiger partial charge in [0.25, 0.3) is 0 Å². The third kappa shape index (κ3) is 5.57. The first-order chi connectivity index (χ1) is 9.97. The van der Waals surface area contributed by atoms with E-state index in [4.69, 9.17) is 10.00 Å². The molecule has 0 aromatic heterocycles. The maximum atomic E-state index is 11.5. The summed E-state index contributed by atoms with van der Waals surface area (Å²) in [6, 6.07) is 7.70. The number of hydrogen-bond acceptors (Lipinski definition) is 4. The Bertz CT molecular complexity index is 518. The van der Waals surface area contributed by atoms with Gasteiger partial charge in [0.05, 0.1) is 13.2 Å². The van der Waals surface area contributed by atoms with Crippen LogP contribution in [0.3, 0.4) is 0 Å². The molecule has 0 radical (unpaired) electrons. The number of carbonyl (C=O) groups excluding carboxylic acids is 1. The molecule has 1 rings (SSSR count). The van der Waals surface area contributed by atoms with E-state index in [9.17, 15) is 4.79 Å². The molecule has 1 aromatic carbocycles. The minimum atomic E-state index is 0.0475. The first-order valence-electron chi connectivity index (χ1n) is 7.25. The summed E-state index contributed by atoms with van der Waals surface area (Å²) in [6.45, 7) is 8.19. The van der Waals surface area contributed by atoms with Gasteiger partial charge < -0.3 is 4.74 Å². The summed E-state index contributed by atoms with van der Waals surface area (Å²) < 4.78 is 5.39. The Kier molecular flexibility index (Phi) is 6.90. The van der Waals surface area contributed by atoms with Crippen LogP contribution in [0.15, 0.2) is 18.2 Å². The van der Waals surface area contributed by atoms with Crippen molar-refractivity contribution in [3.8, 4) is 11.8 Å². The zero-order valence-electron chi connectivity index (χ0n) is 13.3. The number of nitrogens with zero attached hydrogens (tertiary/aromatic N) is 2. The molecule has 21 heavy (non-hydrogen) atoms. The van der Waals surface area contributed by atoms with Crippen molar-refractivity contribution < 1.29 is 9.53 Å². The molecular weight excluding hydrogens is 264 g/mol. The van der Waals surface area contributed by atoms with Crippen LogP contribution in [0.4, 0.5) is 0 Å². The van der Waals surface area contributed by atoms with Crippen LogP contribution in [0, 0.1) is 17.2 Å². The molecule has 0 aliphatic rings. The molecule has 4 heteroatoms. The van der Waals surface area contributed by atoms with Gasteiger partial charge in [0.2, 0.25) is 0 Å². The van der Waals surface area contributed by atoms with Crippen LogP contribution in [0.5, 0.6) is 5.75 Å². The summed E-state index contributed by atoms with van der Waals surface area (Å²) in [5.74, 6) is 1.35. The van der Waals surface area contributed by atoms with E-state index in [0.717, 1.165) is 24.4 Å². The van der Waals surface area contributed by atoms with E-state index < -0.39 is 0 Å². The highest BCUT2D eigenvalue weighted by atomic mass is 16.5. The van der Waals surface area contributed by atoms with Gasteiger partial charge in [-0.1, -0.05) is 13.8 Å². The molecule has 0 aliphatic carbocycles. The number of Topliss-reactive ketones (excluding diaryl/α,β-unsaturated/α-hetero) is 1. The summed E-state index contributed by atoms with van der Waals surface area (Å²) in [5, 5.41) is 8.79. The highest BCUT2D eigenvalue weighted by molar-refractivity contribution is 5.94. The van der Waals surface area contributed by atoms with Gasteiger partial charge in [0.15, 0.2) is 5.78 Å². The van der Waals surface area contributed by atoms with E-state index in [1.54, 1.807) is 20.1 Å². The Morgan fingerprint density at radius 1 is 1.43 bits per heavy atom. The molecule has 0 bridgehead atoms. The van der Waals surface area contributed by atoms with E-state index >= 15 is 0 Å². The number of nitriles is 1. The molecule has 0 spiro atoms. The zero-order chi connectivity index (χ0) is 15.8. The molecule has 0 N–H and O–H groups in total. The third-order valence-corrected chi connectivity index (χ3v) is 3.24. The average molecular weight is 288 g/mol. The molecule has 0 amide bonds. The molecule has 4 nitrogen and oxygen atoms in total. The third-order valence-electron chi connectivity index (χ3n) is 3.24. The number of rotatable bonds is 8. The maximum Gasteiger partial charge on any atom is 0.159 e. The van der Waals surface area contributed by atoms with Crippen molar-refractivity contribution in [1.29, 1.82) is 5.26 Å². The van der Waals surface area contributed by atoms with Crippen molar-refractivity contribution in [1.82, 2.24) is 4.90 Å². The largest absolute Gasteiger partial charge is 0.496 e. The van der Waals surface area contributed by atoms with Crippen LogP contribution < -0.4 is 4.74 Å². The monoisotopic (exact) mass is 288 g/mol. The Morgan fingerprint density at radius 2 is 2.14 bits per heavy atom. The van der Waals surface area contributed by atoms with E-state index in [0.29, 0.717) is 24.4 Å². The quantitative estimate of drug-likeness (QED) is 0.689. The van der Waals surface area contributed by atoms with Gasteiger partial charge in [-0.3, -0.25) is 9.69 Å².